The van der Waals surface area contributed by atoms with Crippen LogP contribution < -0.4 is 74.4 Å². The van der Waals surface area contributed by atoms with Gasteiger partial charge in [-0.3, -0.25) is 95.9 Å². The lowest BCUT2D eigenvalue weighted by Crippen LogP contribution is -2.74. The predicted molar refractivity (Wildman–Crippen MR) is 486 cm³/mol. The summed E-state index contributed by atoms with van der Waals surface area (Å²) in [6, 6.07) is -0.0742. The van der Waals surface area contributed by atoms with Crippen LogP contribution in [0.25, 0.3) is 20.9 Å². The molecule has 0 radical (unpaired) electrons. The van der Waals surface area contributed by atoms with Gasteiger partial charge in [0.2, 0.25) is 82.7 Å². The Morgan fingerprint density at radius 1 is 0.408 bits per heavy atom. The quantitative estimate of drug-likeness (QED) is 0.0147. The van der Waals surface area contributed by atoms with E-state index >= 15 is 0 Å². The molecule has 0 aliphatic carbocycles. The van der Waals surface area contributed by atoms with Crippen molar-refractivity contribution in [2.24, 2.45) is 35.2 Å². The smallest absolute Gasteiger partial charge is 0.232 e. The lowest BCUT2D eigenvalue weighted by Gasteiger charge is -2.60. The van der Waals surface area contributed by atoms with Crippen molar-refractivity contribution in [2.45, 2.75) is 285 Å². The standard InChI is InChI=1S/C22H35N7O4.C22H38N6O4.C20H31N5O4.C20H34N4O4.2CH3N3/c1-14(30)23-10-18-6-22(9-21(33)5-17-13-28(4)27-26-17)7-19(11-24-15(2)31)29(18)20(8-22)12-25-16(3)32;1-17(29)23-11-5-8-22(9-6-12-24-18(2)30,10-7-13-25-19(3)31)15-21(32)14-20-16-28(4)27-26-20;1-5-6-19(29)24-20-7-16(10-21-13(2)26)25(17(8-20)11-22-14(3)27)18(9-20)12-23-15(4)28;1-5-9-19(28)24-20(10-6-13-21-16(2)25,11-7-14-22-17(3)26)12-8-15-23-18(4)27;2*1-3-4-2/h13,18-20H,5-12H2,1-4H3,(H,23,30)(H,24,31)(H,25,32);16H,5-15H2,1-4H3,(H,23,29)(H,24,30)(H,25,31);1,16-18H,6-12H2,2-4H3,(H,21,26)(H,22,27)(H,23,28)(H,24,29);1H,6-15H2,2-4H3,(H,21,25)(H,22,26)(H,23,27)(H,24,28);2*1H3/t18-,19+,20?,22?;;16-,17+,18?,20?;;;. The average Bonchev–Trinajstić information content (AvgIpc) is 1.04. The van der Waals surface area contributed by atoms with Gasteiger partial charge < -0.3 is 74.4 Å². The van der Waals surface area contributed by atoms with E-state index in [1.54, 1.807) is 35.9 Å². The maximum absolute atomic E-state index is 13.1. The summed E-state index contributed by atoms with van der Waals surface area (Å²) in [4.78, 5) is 196. The first-order valence-corrected chi connectivity index (χ1v) is 43.9. The highest BCUT2D eigenvalue weighted by Crippen LogP contribution is 2.52. The van der Waals surface area contributed by atoms with Crippen molar-refractivity contribution < 1.29 is 76.7 Å². The number of ketones is 2. The van der Waals surface area contributed by atoms with Gasteiger partial charge in [0.05, 0.1) is 37.1 Å². The molecule has 44 heteroatoms. The van der Waals surface area contributed by atoms with Crippen LogP contribution in [0.1, 0.15) is 236 Å². The Labute approximate surface area is 763 Å². The summed E-state index contributed by atoms with van der Waals surface area (Å²) in [6.45, 7) is 23.5. The highest BCUT2D eigenvalue weighted by molar-refractivity contribution is 5.83. The van der Waals surface area contributed by atoms with Crippen molar-refractivity contribution in [3.05, 3.63) is 44.7 Å². The molecule has 0 spiro atoms. The van der Waals surface area contributed by atoms with Gasteiger partial charge in [-0.1, -0.05) is 32.5 Å². The Balaban J connectivity index is 0.000000843. The van der Waals surface area contributed by atoms with Crippen LogP contribution in [0, 0.1) is 35.5 Å². The van der Waals surface area contributed by atoms with Crippen LogP contribution in [0.15, 0.2) is 22.6 Å². The summed E-state index contributed by atoms with van der Waals surface area (Å²) < 4.78 is 3.15. The third kappa shape index (κ3) is 50.6. The Morgan fingerprint density at radius 2 is 0.662 bits per heavy atom. The zero-order valence-corrected chi connectivity index (χ0v) is 79.0. The lowest BCUT2D eigenvalue weighted by atomic mass is 9.61. The number of carbonyl (C=O) groups is 16. The summed E-state index contributed by atoms with van der Waals surface area (Å²) in [5.74, 6) is 3.23. The van der Waals surface area contributed by atoms with Gasteiger partial charge in [0.25, 0.3) is 0 Å². The van der Waals surface area contributed by atoms with E-state index < -0.39 is 11.1 Å². The first-order chi connectivity index (χ1) is 61.4. The topological polar surface area (TPSA) is 607 Å². The minimum atomic E-state index is -0.511. The van der Waals surface area contributed by atoms with E-state index in [-0.39, 0.29) is 167 Å². The number of fused-ring (bicyclic) bond motifs is 6. The van der Waals surface area contributed by atoms with Gasteiger partial charge in [-0.05, 0) is 137 Å². The molecule has 4 bridgehead atoms. The summed E-state index contributed by atoms with van der Waals surface area (Å²) in [5, 5.41) is 62.0. The minimum absolute atomic E-state index is 0.00540. The number of nitrogens with one attached hydrogen (secondary N) is 14. The van der Waals surface area contributed by atoms with Gasteiger partial charge in [-0.15, -0.1) is 23.0 Å². The summed E-state index contributed by atoms with van der Waals surface area (Å²) >= 11 is 0. The van der Waals surface area contributed by atoms with Crippen molar-refractivity contribution in [1.29, 1.82) is 0 Å². The third-order valence-corrected chi connectivity index (χ3v) is 22.0. The first-order valence-electron chi connectivity index (χ1n) is 43.9. The number of terminal acetylenes is 2. The molecule has 6 aliphatic rings. The Hall–Kier alpha value is -12.1. The van der Waals surface area contributed by atoms with E-state index in [1.807, 2.05) is 0 Å². The van der Waals surface area contributed by atoms with E-state index in [0.29, 0.717) is 161 Å². The Morgan fingerprint density at radius 3 is 0.908 bits per heavy atom. The minimum Gasteiger partial charge on any atom is -0.356 e. The van der Waals surface area contributed by atoms with Crippen LogP contribution in [-0.2, 0) is 104 Å². The van der Waals surface area contributed by atoms with Crippen LogP contribution in [0.5, 0.6) is 0 Å². The van der Waals surface area contributed by atoms with Gasteiger partial charge in [0, 0.05) is 272 Å². The molecular weight excluding hydrogens is 1680 g/mol. The van der Waals surface area contributed by atoms with Crippen molar-refractivity contribution in [2.75, 3.05) is 92.6 Å². The Kier molecular flexibility index (Phi) is 56.1. The van der Waals surface area contributed by atoms with Gasteiger partial charge in [0.15, 0.2) is 0 Å². The van der Waals surface area contributed by atoms with E-state index in [2.05, 4.69) is 137 Å². The second-order valence-corrected chi connectivity index (χ2v) is 33.7. The normalized spacial score (nSPS) is 19.1. The van der Waals surface area contributed by atoms with E-state index in [9.17, 15) is 76.7 Å². The number of amides is 14. The van der Waals surface area contributed by atoms with Gasteiger partial charge in [-0.25, -0.2) is 0 Å². The Bertz CT molecular complexity index is 3930. The number of hydrogen-bond donors (Lipinski definition) is 14. The first kappa shape index (κ1) is 116. The van der Waals surface area contributed by atoms with Gasteiger partial charge in [-0.2, -0.15) is 0 Å². The predicted octanol–water partition coefficient (Wildman–Crippen LogP) is 1.71. The molecule has 6 fully saturated rings. The fourth-order valence-electron chi connectivity index (χ4n) is 17.4. The highest BCUT2D eigenvalue weighted by Gasteiger charge is 2.56. The SMILES string of the molecule is C#CCC(=O)NC(CCCNC(C)=O)(CCCNC(C)=O)CCCNC(C)=O.C#CCC(=O)NC12CC(CNC(C)=O)N([C@H](CNC(C)=O)C1)[C@@H](CNC(C)=O)C2.CC(=O)NCC1CC2(CC(=O)Cc3cn(C)nn3)C[C@@H](CNC(C)=O)N1[C@@H](CNC(C)=O)C2.CC(=O)NCCCC(CCCNC(C)=O)(CCCNC(C)=O)CC(=O)Cc1cn(C)nn1.CN=[N+]=[N-].CN=[N+]=[N-]. The zero-order valence-electron chi connectivity index (χ0n) is 79.0. The number of carbonyl (C=O) groups excluding carboxylic acids is 16. The molecule has 6 unspecified atom stereocenters. The fraction of sp³-hybridized carbons (Fsp3) is 0.721. The van der Waals surface area contributed by atoms with Crippen LogP contribution >= 0.6 is 0 Å². The van der Waals surface area contributed by atoms with Gasteiger partial charge >= 0.3 is 0 Å². The lowest BCUT2D eigenvalue weighted by molar-refractivity contribution is -0.137. The zero-order chi connectivity index (χ0) is 98.0. The molecule has 10 atom stereocenters. The number of nitrogens with zero attached hydrogens (tertiary/aromatic N) is 14. The van der Waals surface area contributed by atoms with Crippen LogP contribution in [0.3, 0.4) is 0 Å². The molecule has 0 saturated carbocycles. The molecule has 6 saturated heterocycles. The maximum atomic E-state index is 13.1. The van der Waals surface area contributed by atoms with E-state index in [4.69, 9.17) is 23.9 Å². The fourth-order valence-corrected chi connectivity index (χ4v) is 17.4. The molecule has 724 valence electrons. The molecule has 14 N–H and O–H groups in total. The molecule has 8 heterocycles. The molecule has 0 aromatic carbocycles. The molecule has 6 aliphatic heterocycles. The van der Waals surface area contributed by atoms with E-state index in [1.165, 1.54) is 97.2 Å². The summed E-state index contributed by atoms with van der Waals surface area (Å²) in [6.07, 6.45) is 28.1. The monoisotopic (exact) mass is 1830 g/mol. The second-order valence-electron chi connectivity index (χ2n) is 33.7. The second kappa shape index (κ2) is 62.9. The molecule has 14 amide bonds. The van der Waals surface area contributed by atoms with Crippen LogP contribution in [0.4, 0.5) is 0 Å². The van der Waals surface area contributed by atoms with E-state index in [0.717, 1.165) is 57.8 Å². The largest absolute Gasteiger partial charge is 0.356 e. The number of piperidine rings is 6. The number of aryl methyl sites for hydroxylation is 2. The number of Topliss-reactive ketones (excluding diaryl/α,β-unsaturated/α-hetero) is 2. The van der Waals surface area contributed by atoms with Crippen molar-refractivity contribution in [3.63, 3.8) is 0 Å². The summed E-state index contributed by atoms with van der Waals surface area (Å²) in [7, 11) is 6.31. The van der Waals surface area contributed by atoms with Crippen molar-refractivity contribution >= 4 is 94.3 Å². The van der Waals surface area contributed by atoms with Crippen LogP contribution in [-0.4, -0.2) is 274 Å². The molecule has 2 aromatic rings. The molecule has 2 aromatic heterocycles. The molecular formula is C86H144N28O16. The third-order valence-electron chi connectivity index (χ3n) is 22.0. The summed E-state index contributed by atoms with van der Waals surface area (Å²) in [5.41, 5.74) is 14.4. The molecule has 8 rings (SSSR count). The maximum Gasteiger partial charge on any atom is 0.232 e. The molecule has 130 heavy (non-hydrogen) atoms. The van der Waals surface area contributed by atoms with Crippen LogP contribution in [0.2, 0.25) is 0 Å². The van der Waals surface area contributed by atoms with Gasteiger partial charge in [0.1, 0.15) is 11.6 Å². The average molecular weight is 1830 g/mol. The van der Waals surface area contributed by atoms with Crippen molar-refractivity contribution in [3.8, 4) is 24.7 Å². The number of hydrogen-bond acceptors (Lipinski definition) is 24. The number of aromatic nitrogens is 6. The highest BCUT2D eigenvalue weighted by atomic mass is 16.2. The number of azide groups is 2. The number of rotatable bonds is 48. The molecule has 44 nitrogen and oxygen atoms in total. The van der Waals surface area contributed by atoms with Crippen molar-refractivity contribution in [1.82, 2.24) is 114 Å².